The molecule has 3 rings (SSSR count). The van der Waals surface area contributed by atoms with Gasteiger partial charge in [-0.1, -0.05) is 25.9 Å². The first kappa shape index (κ1) is 23.1. The minimum Gasteiger partial charge on any atom is -0.361 e. The molecule has 158 valence electrons. The maximum absolute atomic E-state index is 13.3. The van der Waals surface area contributed by atoms with Gasteiger partial charge in [-0.05, 0) is 37.1 Å². The van der Waals surface area contributed by atoms with E-state index >= 15 is 0 Å². The van der Waals surface area contributed by atoms with E-state index in [1.807, 2.05) is 33.9 Å². The van der Waals surface area contributed by atoms with Gasteiger partial charge in [-0.3, -0.25) is 0 Å². The fraction of sp³-hybridized carbons (Fsp3) is 0.450. The molecule has 0 radical (unpaired) electrons. The summed E-state index contributed by atoms with van der Waals surface area (Å²) in [5, 5.41) is 11.5. The van der Waals surface area contributed by atoms with Crippen LogP contribution in [0.2, 0.25) is 0 Å². The van der Waals surface area contributed by atoms with Crippen LogP contribution in [-0.2, 0) is 18.4 Å². The topological polar surface area (TPSA) is 91.1 Å². The van der Waals surface area contributed by atoms with Crippen molar-refractivity contribution < 1.29 is 8.91 Å². The zero-order valence-electron chi connectivity index (χ0n) is 17.2. The molecule has 2 heterocycles. The molecule has 0 bridgehead atoms. The number of benzene rings is 1. The van der Waals surface area contributed by atoms with Crippen molar-refractivity contribution in [3.05, 3.63) is 47.5 Å². The van der Waals surface area contributed by atoms with Gasteiger partial charge in [-0.15, -0.1) is 24.0 Å². The second-order valence-corrected chi connectivity index (χ2v) is 7.64. The number of aromatic nitrogens is 3. The molecule has 9 heteroatoms. The van der Waals surface area contributed by atoms with Crippen molar-refractivity contribution in [3.63, 3.8) is 0 Å². The van der Waals surface area contributed by atoms with E-state index < -0.39 is 0 Å². The third kappa shape index (κ3) is 6.15. The van der Waals surface area contributed by atoms with E-state index in [2.05, 4.69) is 30.8 Å². The number of hydrogen-bond donors (Lipinski definition) is 3. The van der Waals surface area contributed by atoms with Crippen LogP contribution in [0.4, 0.5) is 4.39 Å². The molecule has 29 heavy (non-hydrogen) atoms. The number of fused-ring (bicyclic) bond motifs is 1. The molecule has 0 aliphatic carbocycles. The van der Waals surface area contributed by atoms with Gasteiger partial charge in [0.05, 0.1) is 0 Å². The number of H-pyrrole nitrogens is 1. The highest BCUT2D eigenvalue weighted by molar-refractivity contribution is 14.0. The van der Waals surface area contributed by atoms with Crippen molar-refractivity contribution in [1.82, 2.24) is 25.8 Å². The van der Waals surface area contributed by atoms with Crippen molar-refractivity contribution in [2.24, 2.45) is 4.99 Å². The van der Waals surface area contributed by atoms with Gasteiger partial charge < -0.3 is 20.1 Å². The summed E-state index contributed by atoms with van der Waals surface area (Å²) in [5.74, 6) is 1.61. The maximum atomic E-state index is 13.3. The van der Waals surface area contributed by atoms with E-state index in [-0.39, 0.29) is 35.2 Å². The Morgan fingerprint density at radius 1 is 1.28 bits per heavy atom. The Bertz CT molecular complexity index is 959. The Morgan fingerprint density at radius 2 is 2.07 bits per heavy atom. The molecule has 2 aromatic heterocycles. The van der Waals surface area contributed by atoms with Crippen molar-refractivity contribution in [3.8, 4) is 0 Å². The molecule has 0 aliphatic heterocycles. The molecule has 0 fully saturated rings. The summed E-state index contributed by atoms with van der Waals surface area (Å²) >= 11 is 0. The number of nitrogens with zero attached hydrogens (tertiary/aromatic N) is 3. The highest BCUT2D eigenvalue weighted by Crippen LogP contribution is 2.20. The van der Waals surface area contributed by atoms with Gasteiger partial charge in [0.25, 0.3) is 0 Å². The van der Waals surface area contributed by atoms with Crippen LogP contribution in [0.5, 0.6) is 0 Å². The lowest BCUT2D eigenvalue weighted by atomic mass is 9.97. The predicted octanol–water partition coefficient (Wildman–Crippen LogP) is 3.90. The monoisotopic (exact) mass is 514 g/mol. The fourth-order valence-electron chi connectivity index (χ4n) is 2.80. The van der Waals surface area contributed by atoms with Crippen LogP contribution in [-0.4, -0.2) is 34.2 Å². The summed E-state index contributed by atoms with van der Waals surface area (Å²) in [6.45, 7) is 9.86. The van der Waals surface area contributed by atoms with E-state index in [0.29, 0.717) is 30.8 Å². The molecule has 0 unspecified atom stereocenters. The third-order valence-electron chi connectivity index (χ3n) is 4.25. The first-order valence-electron chi connectivity index (χ1n) is 9.47. The normalized spacial score (nSPS) is 12.1. The van der Waals surface area contributed by atoms with Gasteiger partial charge >= 0.3 is 0 Å². The smallest absolute Gasteiger partial charge is 0.232 e. The molecule has 0 aliphatic rings. The summed E-state index contributed by atoms with van der Waals surface area (Å²) in [7, 11) is 0. The van der Waals surface area contributed by atoms with Crippen molar-refractivity contribution >= 4 is 40.8 Å². The first-order chi connectivity index (χ1) is 13.4. The minimum atomic E-state index is -0.239. The number of nitrogens with one attached hydrogen (secondary N) is 3. The van der Waals surface area contributed by atoms with Crippen LogP contribution in [0.3, 0.4) is 0 Å². The molecular weight excluding hydrogens is 486 g/mol. The van der Waals surface area contributed by atoms with Crippen LogP contribution in [0.25, 0.3) is 10.9 Å². The largest absolute Gasteiger partial charge is 0.361 e. The lowest BCUT2D eigenvalue weighted by molar-refractivity contribution is 0.318. The number of guanidine groups is 1. The van der Waals surface area contributed by atoms with Gasteiger partial charge in [0, 0.05) is 35.6 Å². The van der Waals surface area contributed by atoms with Gasteiger partial charge in [-0.2, -0.15) is 4.98 Å². The van der Waals surface area contributed by atoms with Gasteiger partial charge in [-0.25, -0.2) is 9.38 Å². The van der Waals surface area contributed by atoms with E-state index in [1.54, 1.807) is 6.07 Å². The highest BCUT2D eigenvalue weighted by atomic mass is 127. The summed E-state index contributed by atoms with van der Waals surface area (Å²) < 4.78 is 18.6. The summed E-state index contributed by atoms with van der Waals surface area (Å²) in [6, 6.07) is 4.79. The maximum Gasteiger partial charge on any atom is 0.232 e. The predicted molar refractivity (Wildman–Crippen MR) is 123 cm³/mol. The lowest BCUT2D eigenvalue weighted by Gasteiger charge is -2.11. The molecule has 0 spiro atoms. The SMILES string of the molecule is CCNC(=NCc1noc(C(C)(C)C)n1)NCCc1c[nH]c2cc(F)ccc12.I. The van der Waals surface area contributed by atoms with Gasteiger partial charge in [0.2, 0.25) is 5.89 Å². The standard InChI is InChI=1S/C20H27FN6O.HI/c1-5-22-19(25-12-17-26-18(28-27-17)20(2,3)4)23-9-8-13-11-24-16-10-14(21)6-7-15(13)16;/h6-7,10-11,24H,5,8-9,12H2,1-4H3,(H2,22,23,25);1H. The average Bonchev–Trinajstić information content (AvgIpc) is 3.26. The molecule has 3 N–H and O–H groups in total. The fourth-order valence-corrected chi connectivity index (χ4v) is 2.80. The highest BCUT2D eigenvalue weighted by Gasteiger charge is 2.21. The average molecular weight is 514 g/mol. The number of aromatic amines is 1. The van der Waals surface area contributed by atoms with Crippen molar-refractivity contribution in [2.45, 2.75) is 46.1 Å². The molecule has 1 aromatic carbocycles. The van der Waals surface area contributed by atoms with Gasteiger partial charge in [0.1, 0.15) is 12.4 Å². The molecule has 0 saturated heterocycles. The van der Waals surface area contributed by atoms with Crippen LogP contribution < -0.4 is 10.6 Å². The number of rotatable bonds is 6. The van der Waals surface area contributed by atoms with Crippen LogP contribution in [0.15, 0.2) is 33.9 Å². The Kier molecular flexibility index (Phi) is 8.00. The third-order valence-corrected chi connectivity index (χ3v) is 4.25. The Morgan fingerprint density at radius 3 is 2.76 bits per heavy atom. The second-order valence-electron chi connectivity index (χ2n) is 7.64. The summed E-state index contributed by atoms with van der Waals surface area (Å²) in [5.41, 5.74) is 1.76. The number of aliphatic imine (C=N–C) groups is 1. The minimum absolute atomic E-state index is 0. The van der Waals surface area contributed by atoms with E-state index in [0.717, 1.165) is 29.4 Å². The summed E-state index contributed by atoms with van der Waals surface area (Å²) in [4.78, 5) is 12.0. The van der Waals surface area contributed by atoms with Crippen molar-refractivity contribution in [2.75, 3.05) is 13.1 Å². The quantitative estimate of drug-likeness (QED) is 0.264. The van der Waals surface area contributed by atoms with E-state index in [1.165, 1.54) is 12.1 Å². The summed E-state index contributed by atoms with van der Waals surface area (Å²) in [6.07, 6.45) is 2.70. The van der Waals surface area contributed by atoms with Crippen LogP contribution in [0.1, 0.15) is 45.0 Å². The molecule has 0 saturated carbocycles. The van der Waals surface area contributed by atoms with E-state index in [9.17, 15) is 4.39 Å². The van der Waals surface area contributed by atoms with Crippen LogP contribution in [0, 0.1) is 5.82 Å². The van der Waals surface area contributed by atoms with Crippen molar-refractivity contribution in [1.29, 1.82) is 0 Å². The molecule has 3 aromatic rings. The van der Waals surface area contributed by atoms with Crippen LogP contribution >= 0.6 is 24.0 Å². The first-order valence-corrected chi connectivity index (χ1v) is 9.47. The molecule has 0 amide bonds. The zero-order valence-corrected chi connectivity index (χ0v) is 19.5. The number of halogens is 2. The lowest BCUT2D eigenvalue weighted by Crippen LogP contribution is -2.38. The molecular formula is C20H28FIN6O. The molecule has 0 atom stereocenters. The zero-order chi connectivity index (χ0) is 20.1. The van der Waals surface area contributed by atoms with Gasteiger partial charge in [0.15, 0.2) is 11.8 Å². The second kappa shape index (κ2) is 10.0. The Hall–Kier alpha value is -2.17. The van der Waals surface area contributed by atoms with E-state index in [4.69, 9.17) is 4.52 Å². The Labute approximate surface area is 187 Å². The number of hydrogen-bond acceptors (Lipinski definition) is 4. The molecule has 7 nitrogen and oxygen atoms in total. The Balaban J connectivity index is 0.00000300.